The Bertz CT molecular complexity index is 884. The molecule has 0 fully saturated rings. The molecule has 0 bridgehead atoms. The molecule has 0 unspecified atom stereocenters. The summed E-state index contributed by atoms with van der Waals surface area (Å²) in [6, 6.07) is 13.2. The van der Waals surface area contributed by atoms with Crippen LogP contribution in [-0.4, -0.2) is 17.9 Å². The second-order valence-corrected chi connectivity index (χ2v) is 5.87. The molecule has 0 saturated carbocycles. The van der Waals surface area contributed by atoms with Gasteiger partial charge in [-0.3, -0.25) is 4.79 Å². The molecule has 0 N–H and O–H groups in total. The first-order valence-electron chi connectivity index (χ1n) is 7.23. The molecule has 5 heteroatoms. The smallest absolute Gasteiger partial charge is 0.186 e. The van der Waals surface area contributed by atoms with Crippen LogP contribution >= 0.6 is 11.3 Å². The fraction of sp³-hybridized carbons (Fsp3) is 0.0526. The van der Waals surface area contributed by atoms with Crippen molar-refractivity contribution in [3.05, 3.63) is 77.1 Å². The van der Waals surface area contributed by atoms with Crippen LogP contribution in [0.5, 0.6) is 5.75 Å². The van der Waals surface area contributed by atoms with Crippen molar-refractivity contribution in [3.8, 4) is 16.3 Å². The summed E-state index contributed by atoms with van der Waals surface area (Å²) in [6.45, 7) is 0. The zero-order valence-electron chi connectivity index (χ0n) is 12.9. The summed E-state index contributed by atoms with van der Waals surface area (Å²) in [6.07, 6.45) is 3.16. The Morgan fingerprint density at radius 3 is 2.75 bits per heavy atom. The maximum atomic E-state index is 13.0. The van der Waals surface area contributed by atoms with E-state index >= 15 is 0 Å². The number of aromatic nitrogens is 1. The predicted octanol–water partition coefficient (Wildman–Crippen LogP) is 4.85. The molecule has 0 aliphatic heterocycles. The van der Waals surface area contributed by atoms with E-state index in [1.807, 2.05) is 5.38 Å². The Morgan fingerprint density at radius 2 is 2.00 bits per heavy atom. The van der Waals surface area contributed by atoms with Crippen LogP contribution in [-0.2, 0) is 0 Å². The Balaban J connectivity index is 1.75. The van der Waals surface area contributed by atoms with E-state index in [9.17, 15) is 9.18 Å². The number of rotatable bonds is 5. The molecule has 3 nitrogen and oxygen atoms in total. The van der Waals surface area contributed by atoms with Crippen LogP contribution < -0.4 is 4.74 Å². The van der Waals surface area contributed by atoms with Crippen LogP contribution in [0.4, 0.5) is 4.39 Å². The Labute approximate surface area is 143 Å². The van der Waals surface area contributed by atoms with Crippen molar-refractivity contribution < 1.29 is 13.9 Å². The molecule has 0 radical (unpaired) electrons. The highest BCUT2D eigenvalue weighted by molar-refractivity contribution is 7.13. The van der Waals surface area contributed by atoms with E-state index in [1.165, 1.54) is 29.5 Å². The molecule has 1 aromatic heterocycles. The fourth-order valence-corrected chi connectivity index (χ4v) is 2.92. The number of benzene rings is 2. The minimum absolute atomic E-state index is 0.120. The maximum Gasteiger partial charge on any atom is 0.186 e. The van der Waals surface area contributed by atoms with Gasteiger partial charge < -0.3 is 4.74 Å². The van der Waals surface area contributed by atoms with Crippen molar-refractivity contribution >= 4 is 23.2 Å². The van der Waals surface area contributed by atoms with E-state index in [0.717, 1.165) is 10.6 Å². The zero-order chi connectivity index (χ0) is 16.9. The standard InChI is InChI=1S/C19H14FNO2S/c1-23-17-4-2-3-14(11-17)18(22)10-9-16-12-24-19(21-16)13-5-7-15(20)8-6-13/h2-12H,1H3/b10-9+. The number of hydrogen-bond acceptors (Lipinski definition) is 4. The van der Waals surface area contributed by atoms with Gasteiger partial charge in [0.05, 0.1) is 12.8 Å². The number of hydrogen-bond donors (Lipinski definition) is 0. The minimum atomic E-state index is -0.278. The molecule has 120 valence electrons. The first-order chi connectivity index (χ1) is 11.7. The lowest BCUT2D eigenvalue weighted by molar-refractivity contribution is 0.104. The van der Waals surface area contributed by atoms with Gasteiger partial charge in [-0.1, -0.05) is 12.1 Å². The second kappa shape index (κ2) is 7.19. The molecule has 24 heavy (non-hydrogen) atoms. The van der Waals surface area contributed by atoms with Crippen molar-refractivity contribution in [1.29, 1.82) is 0 Å². The normalized spacial score (nSPS) is 10.9. The number of allylic oxidation sites excluding steroid dienone is 1. The lowest BCUT2D eigenvalue weighted by Crippen LogP contribution is -1.94. The van der Waals surface area contributed by atoms with Crippen molar-refractivity contribution in [2.75, 3.05) is 7.11 Å². The van der Waals surface area contributed by atoms with Crippen LogP contribution in [0.1, 0.15) is 16.1 Å². The van der Waals surface area contributed by atoms with Gasteiger partial charge in [-0.05, 0) is 48.6 Å². The zero-order valence-corrected chi connectivity index (χ0v) is 13.7. The van der Waals surface area contributed by atoms with Gasteiger partial charge in [0.15, 0.2) is 5.78 Å². The van der Waals surface area contributed by atoms with Crippen molar-refractivity contribution in [2.45, 2.75) is 0 Å². The van der Waals surface area contributed by atoms with Crippen molar-refractivity contribution in [1.82, 2.24) is 4.98 Å². The van der Waals surface area contributed by atoms with Gasteiger partial charge in [0.25, 0.3) is 0 Å². The van der Waals surface area contributed by atoms with Crippen molar-refractivity contribution in [3.63, 3.8) is 0 Å². The maximum absolute atomic E-state index is 13.0. The van der Waals surface area contributed by atoms with Crippen LogP contribution in [0.15, 0.2) is 60.0 Å². The van der Waals surface area contributed by atoms with Gasteiger partial charge in [0.1, 0.15) is 16.6 Å². The van der Waals surface area contributed by atoms with Crippen LogP contribution in [0.25, 0.3) is 16.6 Å². The molecule has 0 aliphatic carbocycles. The van der Waals surface area contributed by atoms with E-state index < -0.39 is 0 Å². The number of nitrogens with zero attached hydrogens (tertiary/aromatic N) is 1. The lowest BCUT2D eigenvalue weighted by atomic mass is 10.1. The number of carbonyl (C=O) groups excluding carboxylic acids is 1. The SMILES string of the molecule is COc1cccc(C(=O)/C=C/c2csc(-c3ccc(F)cc3)n2)c1. The van der Waals surface area contributed by atoms with Crippen LogP contribution in [0, 0.1) is 5.82 Å². The van der Waals surface area contributed by atoms with Crippen LogP contribution in [0.2, 0.25) is 0 Å². The molecule has 0 spiro atoms. The van der Waals surface area contributed by atoms with Gasteiger partial charge in [0.2, 0.25) is 0 Å². The molecule has 1 heterocycles. The third-order valence-electron chi connectivity index (χ3n) is 3.37. The topological polar surface area (TPSA) is 39.2 Å². The summed E-state index contributed by atoms with van der Waals surface area (Å²) < 4.78 is 18.1. The highest BCUT2D eigenvalue weighted by atomic mass is 32.1. The molecule has 3 aromatic rings. The summed E-state index contributed by atoms with van der Waals surface area (Å²) in [4.78, 5) is 16.6. The lowest BCUT2D eigenvalue weighted by Gasteiger charge is -2.00. The minimum Gasteiger partial charge on any atom is -0.497 e. The van der Waals surface area contributed by atoms with Gasteiger partial charge in [-0.15, -0.1) is 11.3 Å². The van der Waals surface area contributed by atoms with Gasteiger partial charge in [0, 0.05) is 16.5 Å². The number of ketones is 1. The average molecular weight is 339 g/mol. The fourth-order valence-electron chi connectivity index (χ4n) is 2.12. The number of methoxy groups -OCH3 is 1. The number of ether oxygens (including phenoxy) is 1. The highest BCUT2D eigenvalue weighted by Crippen LogP contribution is 2.24. The summed E-state index contributed by atoms with van der Waals surface area (Å²) in [5.74, 6) is 0.242. The molecular formula is C19H14FNO2S. The Morgan fingerprint density at radius 1 is 1.21 bits per heavy atom. The number of carbonyl (C=O) groups is 1. The number of halogens is 1. The molecule has 2 aromatic carbocycles. The summed E-state index contributed by atoms with van der Waals surface area (Å²) in [7, 11) is 1.56. The quantitative estimate of drug-likeness (QED) is 0.492. The number of thiazole rings is 1. The van der Waals surface area contributed by atoms with Crippen LogP contribution in [0.3, 0.4) is 0 Å². The predicted molar refractivity (Wildman–Crippen MR) is 93.9 cm³/mol. The molecule has 3 rings (SSSR count). The van der Waals surface area contributed by atoms with Gasteiger partial charge in [-0.2, -0.15) is 0 Å². The van der Waals surface area contributed by atoms with E-state index in [-0.39, 0.29) is 11.6 Å². The van der Waals surface area contributed by atoms with Gasteiger partial charge >= 0.3 is 0 Å². The summed E-state index contributed by atoms with van der Waals surface area (Å²) in [5, 5.41) is 2.64. The van der Waals surface area contributed by atoms with E-state index in [2.05, 4.69) is 4.98 Å². The largest absolute Gasteiger partial charge is 0.497 e. The Hall–Kier alpha value is -2.79. The average Bonchev–Trinajstić information content (AvgIpc) is 3.09. The molecule has 0 aliphatic rings. The van der Waals surface area contributed by atoms with E-state index in [1.54, 1.807) is 49.6 Å². The summed E-state index contributed by atoms with van der Waals surface area (Å²) in [5.41, 5.74) is 2.09. The monoisotopic (exact) mass is 339 g/mol. The molecule has 0 amide bonds. The highest BCUT2D eigenvalue weighted by Gasteiger charge is 2.06. The third-order valence-corrected chi connectivity index (χ3v) is 4.28. The van der Waals surface area contributed by atoms with Crippen molar-refractivity contribution in [2.24, 2.45) is 0 Å². The first-order valence-corrected chi connectivity index (χ1v) is 8.11. The second-order valence-electron chi connectivity index (χ2n) is 5.01. The van der Waals surface area contributed by atoms with E-state index in [4.69, 9.17) is 4.74 Å². The van der Waals surface area contributed by atoms with Gasteiger partial charge in [-0.25, -0.2) is 9.37 Å². The third kappa shape index (κ3) is 3.75. The molecule has 0 saturated heterocycles. The first kappa shape index (κ1) is 16.1. The Kier molecular flexibility index (Phi) is 4.82. The molecule has 0 atom stereocenters. The molecular weight excluding hydrogens is 325 g/mol. The van der Waals surface area contributed by atoms with E-state index in [0.29, 0.717) is 17.0 Å². The summed E-state index contributed by atoms with van der Waals surface area (Å²) >= 11 is 1.45.